The summed E-state index contributed by atoms with van der Waals surface area (Å²) < 4.78 is 4.82. The maximum absolute atomic E-state index is 11.4. The molecule has 1 aromatic carbocycles. The molecule has 0 fully saturated rings. The van der Waals surface area contributed by atoms with Crippen molar-refractivity contribution >= 4 is 22.4 Å². The van der Waals surface area contributed by atoms with Crippen LogP contribution in [0.3, 0.4) is 0 Å². The smallest absolute Gasteiger partial charge is 0.481 e. The summed E-state index contributed by atoms with van der Waals surface area (Å²) in [7, 11) is 0. The van der Waals surface area contributed by atoms with Crippen LogP contribution >= 0.6 is 0 Å². The van der Waals surface area contributed by atoms with Crippen LogP contribution in [0.1, 0.15) is 12.5 Å². The van der Waals surface area contributed by atoms with Crippen LogP contribution in [0.15, 0.2) is 42.2 Å². The fourth-order valence-electron chi connectivity index (χ4n) is 1.11. The van der Waals surface area contributed by atoms with Gasteiger partial charge in [-0.3, -0.25) is 4.79 Å². The van der Waals surface area contributed by atoms with Gasteiger partial charge in [-0.05, 0) is 12.5 Å². The van der Waals surface area contributed by atoms with Crippen molar-refractivity contribution < 1.29 is 8.58 Å². The summed E-state index contributed by atoms with van der Waals surface area (Å²) in [5.41, 5.74) is 1.02. The molecule has 0 aliphatic rings. The van der Waals surface area contributed by atoms with Gasteiger partial charge in [0.25, 0.3) is 0 Å². The van der Waals surface area contributed by atoms with Crippen LogP contribution in [0, 0.1) is 0 Å². The number of rotatable bonds is 4. The molecule has 1 rings (SSSR count). The average Bonchev–Trinajstić information content (AvgIpc) is 2.19. The lowest BCUT2D eigenvalue weighted by Gasteiger charge is -2.01. The van der Waals surface area contributed by atoms with Gasteiger partial charge < -0.3 is 3.79 Å². The van der Waals surface area contributed by atoms with Gasteiger partial charge in [0.2, 0.25) is 0 Å². The third-order valence-corrected chi connectivity index (χ3v) is 2.14. The van der Waals surface area contributed by atoms with Crippen LogP contribution in [0.4, 0.5) is 0 Å². The second-order valence-electron chi connectivity index (χ2n) is 3.00. The molecule has 0 aromatic heterocycles. The molecule has 0 saturated heterocycles. The van der Waals surface area contributed by atoms with E-state index in [2.05, 4.69) is 16.6 Å². The van der Waals surface area contributed by atoms with E-state index >= 15 is 0 Å². The van der Waals surface area contributed by atoms with Gasteiger partial charge in [-0.1, -0.05) is 30.3 Å². The van der Waals surface area contributed by atoms with Crippen LogP contribution in [-0.2, 0) is 15.0 Å². The first-order chi connectivity index (χ1) is 6.72. The molecule has 0 N–H and O–H groups in total. The molecule has 0 bridgehead atoms. The number of hydrogen-bond acceptors (Lipinski definition) is 2. The highest BCUT2D eigenvalue weighted by Crippen LogP contribution is 2.02. The average molecular weight is 202 g/mol. The minimum atomic E-state index is 0.0520. The van der Waals surface area contributed by atoms with E-state index in [0.717, 1.165) is 5.56 Å². The van der Waals surface area contributed by atoms with Crippen LogP contribution in [0.25, 0.3) is 0 Å². The topological polar surface area (TPSA) is 26.3 Å². The van der Waals surface area contributed by atoms with Gasteiger partial charge in [0.15, 0.2) is 5.78 Å². The molecule has 3 heteroatoms. The molecule has 70 valence electrons. The van der Waals surface area contributed by atoms with Gasteiger partial charge in [0.1, 0.15) is 0 Å². The van der Waals surface area contributed by atoms with Gasteiger partial charge >= 0.3 is 16.6 Å². The molecular formula is C11H11AlO2. The van der Waals surface area contributed by atoms with Crippen molar-refractivity contribution in [3.8, 4) is 0 Å². The highest BCUT2D eigenvalue weighted by atomic mass is 27.1. The van der Waals surface area contributed by atoms with Crippen molar-refractivity contribution in [3.63, 3.8) is 0 Å². The van der Waals surface area contributed by atoms with Crippen LogP contribution in [-0.4, -0.2) is 22.4 Å². The van der Waals surface area contributed by atoms with Gasteiger partial charge in [0, 0.05) is 12.5 Å². The first kappa shape index (κ1) is 11.0. The highest BCUT2D eigenvalue weighted by Gasteiger charge is 1.99. The summed E-state index contributed by atoms with van der Waals surface area (Å²) in [6.07, 6.45) is 1.92. The Balaban J connectivity index is 2.58. The van der Waals surface area contributed by atoms with Crippen molar-refractivity contribution in [3.05, 3.63) is 47.7 Å². The van der Waals surface area contributed by atoms with Gasteiger partial charge in [-0.25, -0.2) is 0 Å². The zero-order chi connectivity index (χ0) is 10.4. The molecule has 0 amide bonds. The Morgan fingerprint density at radius 3 is 2.64 bits per heavy atom. The number of allylic oxidation sites excluding steroid dienone is 2. The number of hydrogen-bond donors (Lipinski definition) is 0. The third kappa shape index (κ3) is 3.78. The first-order valence-electron chi connectivity index (χ1n) is 4.34. The van der Waals surface area contributed by atoms with E-state index in [1.165, 1.54) is 6.08 Å². The summed E-state index contributed by atoms with van der Waals surface area (Å²) in [6.45, 7) is 1.75. The minimum absolute atomic E-state index is 0.0520. The monoisotopic (exact) mass is 202 g/mol. The second-order valence-corrected chi connectivity index (χ2v) is 3.24. The Hall–Kier alpha value is -1.04. The van der Waals surface area contributed by atoms with Crippen molar-refractivity contribution in [1.29, 1.82) is 0 Å². The number of carbonyl (C=O) groups is 1. The van der Waals surface area contributed by atoms with Gasteiger partial charge in [-0.2, -0.15) is 0 Å². The van der Waals surface area contributed by atoms with Crippen molar-refractivity contribution in [2.75, 3.05) is 0 Å². The highest BCUT2D eigenvalue weighted by molar-refractivity contribution is 5.99. The van der Waals surface area contributed by atoms with Crippen LogP contribution in [0.2, 0.25) is 0 Å². The quantitative estimate of drug-likeness (QED) is 0.423. The Labute approximate surface area is 92.3 Å². The fraction of sp³-hybridized carbons (Fsp3) is 0.182. The van der Waals surface area contributed by atoms with E-state index in [-0.39, 0.29) is 5.78 Å². The molecule has 0 spiro atoms. The molecule has 2 radical (unpaired) electrons. The molecule has 0 aliphatic carbocycles. The Morgan fingerprint density at radius 1 is 1.43 bits per heavy atom. The summed E-state index contributed by atoms with van der Waals surface area (Å²) in [5, 5.41) is 0. The molecule has 0 heterocycles. The number of carbonyl (C=O) groups excluding carboxylic acids is 1. The molecule has 0 atom stereocenters. The van der Waals surface area contributed by atoms with E-state index in [9.17, 15) is 4.79 Å². The third-order valence-electron chi connectivity index (χ3n) is 1.77. The second kappa shape index (κ2) is 5.64. The predicted molar refractivity (Wildman–Crippen MR) is 55.7 cm³/mol. The maximum atomic E-state index is 11.4. The lowest BCUT2D eigenvalue weighted by Crippen LogP contribution is -2.00. The predicted octanol–water partition coefficient (Wildman–Crippen LogP) is 1.80. The lowest BCUT2D eigenvalue weighted by atomic mass is 10.1. The zero-order valence-corrected chi connectivity index (χ0v) is 9.22. The van der Waals surface area contributed by atoms with Crippen LogP contribution in [0.5, 0.6) is 0 Å². The molecule has 0 unspecified atom stereocenters. The first-order valence-corrected chi connectivity index (χ1v) is 4.81. The van der Waals surface area contributed by atoms with E-state index in [0.29, 0.717) is 12.2 Å². The molecule has 0 saturated carbocycles. The zero-order valence-electron chi connectivity index (χ0n) is 8.07. The Kier molecular flexibility index (Phi) is 4.45. The normalized spacial score (nSPS) is 11.1. The van der Waals surface area contributed by atoms with Crippen molar-refractivity contribution in [2.24, 2.45) is 0 Å². The van der Waals surface area contributed by atoms with E-state index < -0.39 is 0 Å². The van der Waals surface area contributed by atoms with Crippen molar-refractivity contribution in [2.45, 2.75) is 13.3 Å². The minimum Gasteiger partial charge on any atom is -0.657 e. The largest absolute Gasteiger partial charge is 0.657 e. The number of benzene rings is 1. The summed E-state index contributed by atoms with van der Waals surface area (Å²) >= 11 is 2.11. The van der Waals surface area contributed by atoms with E-state index in [1.807, 2.05) is 30.3 Å². The summed E-state index contributed by atoms with van der Waals surface area (Å²) in [4.78, 5) is 11.4. The van der Waals surface area contributed by atoms with E-state index in [4.69, 9.17) is 3.79 Å². The molecule has 14 heavy (non-hydrogen) atoms. The van der Waals surface area contributed by atoms with Gasteiger partial charge in [0.05, 0.1) is 5.76 Å². The standard InChI is InChI=1S/C11H12O2.Al/c1-9(12)7-11(13)8-10-5-3-2-4-6-10;/h2-7,12H,8H2,1H3;/q;+1/p-1/b9-7-;. The maximum Gasteiger partial charge on any atom is 0.481 e. The fourth-order valence-corrected chi connectivity index (χ4v) is 1.18. The summed E-state index contributed by atoms with van der Waals surface area (Å²) in [5.74, 6) is 0.659. The molecule has 2 nitrogen and oxygen atoms in total. The molecular weight excluding hydrogens is 191 g/mol. The lowest BCUT2D eigenvalue weighted by molar-refractivity contribution is -0.114. The Bertz CT molecular complexity index is 330. The SMILES string of the molecule is C/C(=C/C(=O)Cc1ccccc1)[O][Al]. The van der Waals surface area contributed by atoms with Gasteiger partial charge in [-0.15, -0.1) is 0 Å². The Morgan fingerprint density at radius 2 is 2.07 bits per heavy atom. The van der Waals surface area contributed by atoms with E-state index in [1.54, 1.807) is 6.92 Å². The molecule has 0 aliphatic heterocycles. The summed E-state index contributed by atoms with van der Waals surface area (Å²) in [6, 6.07) is 9.64. The molecule has 1 aromatic rings. The van der Waals surface area contributed by atoms with Crippen LogP contribution < -0.4 is 0 Å². The number of ketones is 1. The van der Waals surface area contributed by atoms with Crippen molar-refractivity contribution in [1.82, 2.24) is 0 Å².